The van der Waals surface area contributed by atoms with E-state index in [4.69, 9.17) is 5.73 Å². The third-order valence-corrected chi connectivity index (χ3v) is 5.43. The number of nitrogens with two attached hydrogens (primary N) is 1. The monoisotopic (exact) mass is 305 g/mol. The van der Waals surface area contributed by atoms with Crippen LogP contribution in [0.25, 0.3) is 0 Å². The minimum absolute atomic E-state index is 0.185. The average molecular weight is 305 g/mol. The molecule has 0 saturated heterocycles. The van der Waals surface area contributed by atoms with Gasteiger partial charge in [0.15, 0.2) is 0 Å². The molecule has 4 N–H and O–H groups in total. The number of rotatable bonds is 1. The van der Waals surface area contributed by atoms with Crippen LogP contribution in [0.5, 0.6) is 0 Å². The second-order valence-corrected chi connectivity index (χ2v) is 8.24. The highest BCUT2D eigenvalue weighted by Crippen LogP contribution is 2.57. The van der Waals surface area contributed by atoms with Gasteiger partial charge in [-0.25, -0.2) is 10.2 Å². The molecule has 3 aliphatic rings. The zero-order valence-electron chi connectivity index (χ0n) is 13.8. The summed E-state index contributed by atoms with van der Waals surface area (Å²) in [6.07, 6.45) is 5.60. The number of fused-ring (bicyclic) bond motifs is 3. The zero-order valence-corrected chi connectivity index (χ0v) is 13.8. The lowest BCUT2D eigenvalue weighted by Crippen LogP contribution is -2.51. The van der Waals surface area contributed by atoms with E-state index in [0.717, 1.165) is 43.4 Å². The number of hydrogen-bond acceptors (Lipinski definition) is 3. The van der Waals surface area contributed by atoms with Crippen molar-refractivity contribution >= 4 is 11.7 Å². The molecule has 0 radical (unpaired) electrons. The SMILES string of the molecule is C[C@H]1CC(=NNC(N)=O)C2=C(C1)C[C@@]1(C)C[C@H](C)C[C@@]2(O)C1. The minimum atomic E-state index is -0.793. The fraction of sp³-hybridized carbons (Fsp3) is 0.765. The Kier molecular flexibility index (Phi) is 3.59. The molecule has 0 aliphatic heterocycles. The maximum atomic E-state index is 11.4. The fourth-order valence-corrected chi connectivity index (χ4v) is 5.39. The van der Waals surface area contributed by atoms with Crippen LogP contribution in [-0.2, 0) is 0 Å². The number of urea groups is 1. The number of allylic oxidation sites excluding steroid dienone is 1. The zero-order chi connectivity index (χ0) is 16.1. The topological polar surface area (TPSA) is 87.7 Å². The van der Waals surface area contributed by atoms with Crippen molar-refractivity contribution in [1.82, 2.24) is 5.43 Å². The van der Waals surface area contributed by atoms with Crippen LogP contribution in [0, 0.1) is 17.3 Å². The molecule has 0 aromatic rings. The Labute approximate surface area is 132 Å². The van der Waals surface area contributed by atoms with Gasteiger partial charge >= 0.3 is 6.03 Å². The van der Waals surface area contributed by atoms with Crippen LogP contribution < -0.4 is 11.2 Å². The van der Waals surface area contributed by atoms with Crippen molar-refractivity contribution in [2.24, 2.45) is 28.1 Å². The summed E-state index contributed by atoms with van der Waals surface area (Å²) in [5.41, 5.74) is 10.1. The van der Waals surface area contributed by atoms with Crippen LogP contribution in [0.3, 0.4) is 0 Å². The number of hydrogen-bond donors (Lipinski definition) is 3. The van der Waals surface area contributed by atoms with E-state index in [9.17, 15) is 9.90 Å². The second-order valence-electron chi connectivity index (χ2n) is 8.24. The van der Waals surface area contributed by atoms with E-state index in [2.05, 4.69) is 31.3 Å². The average Bonchev–Trinajstić information content (AvgIpc) is 2.31. The molecule has 1 saturated carbocycles. The third kappa shape index (κ3) is 2.67. The summed E-state index contributed by atoms with van der Waals surface area (Å²) >= 11 is 0. The molecule has 2 amide bonds. The first-order chi connectivity index (χ1) is 10.2. The molecule has 0 unspecified atom stereocenters. The van der Waals surface area contributed by atoms with Crippen LogP contribution in [0.15, 0.2) is 16.2 Å². The number of amides is 2. The summed E-state index contributed by atoms with van der Waals surface area (Å²) in [6.45, 7) is 6.72. The molecule has 0 aromatic carbocycles. The third-order valence-electron chi connectivity index (χ3n) is 5.43. The second kappa shape index (κ2) is 5.08. The number of hydrazone groups is 1. The largest absolute Gasteiger partial charge is 0.385 e. The lowest BCUT2D eigenvalue weighted by Gasteiger charge is -2.54. The lowest BCUT2D eigenvalue weighted by atomic mass is 9.54. The van der Waals surface area contributed by atoms with Gasteiger partial charge in [-0.05, 0) is 55.8 Å². The van der Waals surface area contributed by atoms with Crippen LogP contribution in [-0.4, -0.2) is 22.5 Å². The minimum Gasteiger partial charge on any atom is -0.385 e. The maximum absolute atomic E-state index is 11.4. The van der Waals surface area contributed by atoms with E-state index >= 15 is 0 Å². The van der Waals surface area contributed by atoms with Crippen molar-refractivity contribution in [3.63, 3.8) is 0 Å². The van der Waals surface area contributed by atoms with Gasteiger partial charge in [0.2, 0.25) is 0 Å². The van der Waals surface area contributed by atoms with E-state index in [-0.39, 0.29) is 5.41 Å². The number of nitrogens with zero attached hydrogens (tertiary/aromatic N) is 1. The van der Waals surface area contributed by atoms with E-state index in [0.29, 0.717) is 11.8 Å². The maximum Gasteiger partial charge on any atom is 0.332 e. The van der Waals surface area contributed by atoms with Gasteiger partial charge in [0.1, 0.15) is 0 Å². The van der Waals surface area contributed by atoms with Gasteiger partial charge in [0, 0.05) is 5.57 Å². The molecule has 5 heteroatoms. The Morgan fingerprint density at radius 2 is 2.05 bits per heavy atom. The fourth-order valence-electron chi connectivity index (χ4n) is 5.39. The smallest absolute Gasteiger partial charge is 0.332 e. The number of aliphatic hydroxyl groups is 1. The first kappa shape index (κ1) is 15.5. The molecule has 2 bridgehead atoms. The van der Waals surface area contributed by atoms with Gasteiger partial charge in [-0.1, -0.05) is 26.3 Å². The predicted octanol–water partition coefficient (Wildman–Crippen LogP) is 2.70. The van der Waals surface area contributed by atoms with E-state index in [1.165, 1.54) is 12.0 Å². The molecule has 3 aliphatic carbocycles. The Morgan fingerprint density at radius 1 is 1.32 bits per heavy atom. The van der Waals surface area contributed by atoms with Crippen LogP contribution in [0.4, 0.5) is 4.79 Å². The van der Waals surface area contributed by atoms with E-state index in [1.54, 1.807) is 0 Å². The van der Waals surface area contributed by atoms with E-state index < -0.39 is 11.6 Å². The molecule has 0 aromatic heterocycles. The molecule has 22 heavy (non-hydrogen) atoms. The number of nitrogens with one attached hydrogen (secondary N) is 1. The highest BCUT2D eigenvalue weighted by molar-refractivity contribution is 6.04. The van der Waals surface area contributed by atoms with Crippen molar-refractivity contribution in [2.45, 2.75) is 64.9 Å². The van der Waals surface area contributed by atoms with Crippen molar-refractivity contribution in [2.75, 3.05) is 0 Å². The van der Waals surface area contributed by atoms with E-state index in [1.807, 2.05) is 0 Å². The van der Waals surface area contributed by atoms with Gasteiger partial charge in [0.25, 0.3) is 0 Å². The Balaban J connectivity index is 2.06. The van der Waals surface area contributed by atoms with Gasteiger partial charge in [0.05, 0.1) is 11.3 Å². The number of carbonyl (C=O) groups excluding carboxylic acids is 1. The van der Waals surface area contributed by atoms with Crippen LogP contribution >= 0.6 is 0 Å². The summed E-state index contributed by atoms with van der Waals surface area (Å²) < 4.78 is 0. The molecule has 0 heterocycles. The summed E-state index contributed by atoms with van der Waals surface area (Å²) in [5, 5.41) is 15.6. The van der Waals surface area contributed by atoms with Gasteiger partial charge < -0.3 is 10.8 Å². The van der Waals surface area contributed by atoms with Crippen molar-refractivity contribution in [3.8, 4) is 0 Å². The van der Waals surface area contributed by atoms with Gasteiger partial charge in [-0.2, -0.15) is 5.10 Å². The molecule has 1 fully saturated rings. The van der Waals surface area contributed by atoms with Crippen molar-refractivity contribution in [1.29, 1.82) is 0 Å². The Hall–Kier alpha value is -1.36. The molecule has 122 valence electrons. The highest BCUT2D eigenvalue weighted by atomic mass is 16.3. The molecule has 5 nitrogen and oxygen atoms in total. The predicted molar refractivity (Wildman–Crippen MR) is 86.3 cm³/mol. The van der Waals surface area contributed by atoms with Crippen LogP contribution in [0.2, 0.25) is 0 Å². The Bertz CT molecular complexity index is 568. The summed E-state index contributed by atoms with van der Waals surface area (Å²) in [7, 11) is 0. The summed E-state index contributed by atoms with van der Waals surface area (Å²) in [6, 6.07) is -0.655. The summed E-state index contributed by atoms with van der Waals surface area (Å²) in [5.74, 6) is 0.984. The molecule has 0 spiro atoms. The van der Waals surface area contributed by atoms with Crippen LogP contribution in [0.1, 0.15) is 59.3 Å². The van der Waals surface area contributed by atoms with Crippen molar-refractivity contribution in [3.05, 3.63) is 11.1 Å². The lowest BCUT2D eigenvalue weighted by molar-refractivity contribution is -0.0449. The molecular formula is C17H27N3O2. The number of carbonyl (C=O) groups is 1. The highest BCUT2D eigenvalue weighted by Gasteiger charge is 2.52. The van der Waals surface area contributed by atoms with Crippen molar-refractivity contribution < 1.29 is 9.90 Å². The summed E-state index contributed by atoms with van der Waals surface area (Å²) in [4.78, 5) is 11.0. The number of primary amides is 1. The van der Waals surface area contributed by atoms with Gasteiger partial charge in [-0.3, -0.25) is 0 Å². The van der Waals surface area contributed by atoms with Gasteiger partial charge in [-0.15, -0.1) is 0 Å². The molecular weight excluding hydrogens is 278 g/mol. The Morgan fingerprint density at radius 3 is 2.73 bits per heavy atom. The standard InChI is InChI=1S/C17H27N3O2/c1-10-4-12-8-16(3)6-11(2)7-17(22,9-16)14(12)13(5-10)19-20-15(18)21/h10-11,22H,4-9H2,1-3H3,(H3,18,20,21)/t10-,11+,16-,17-/m1/s1. The normalized spacial score (nSPS) is 43.0. The first-order valence-electron chi connectivity index (χ1n) is 8.28. The molecule has 3 rings (SSSR count). The quantitative estimate of drug-likeness (QED) is 0.650. The molecule has 4 atom stereocenters. The first-order valence-corrected chi connectivity index (χ1v) is 8.28.